The van der Waals surface area contributed by atoms with Crippen molar-refractivity contribution >= 4 is 17.0 Å². The van der Waals surface area contributed by atoms with Crippen molar-refractivity contribution in [3.05, 3.63) is 54.2 Å². The highest BCUT2D eigenvalue weighted by molar-refractivity contribution is 5.97. The van der Waals surface area contributed by atoms with E-state index in [0.717, 1.165) is 23.2 Å². The standard InChI is InChI=1S/C18H19N3O2/c22-18(20-11-13-4-7-19-8-5-13)16-10-17-15(6-9-23-17)21(16)12-14-2-1-3-14/h4-10,14H,1-3,11-12H2,(H,20,22). The molecule has 0 aromatic carbocycles. The maximum absolute atomic E-state index is 12.6. The van der Waals surface area contributed by atoms with Gasteiger partial charge in [-0.15, -0.1) is 0 Å². The van der Waals surface area contributed by atoms with E-state index in [0.29, 0.717) is 18.2 Å². The van der Waals surface area contributed by atoms with Crippen LogP contribution in [-0.4, -0.2) is 15.5 Å². The molecular weight excluding hydrogens is 290 g/mol. The maximum atomic E-state index is 12.6. The van der Waals surface area contributed by atoms with Crippen LogP contribution in [0.2, 0.25) is 0 Å². The Labute approximate surface area is 134 Å². The topological polar surface area (TPSA) is 60.1 Å². The van der Waals surface area contributed by atoms with Gasteiger partial charge in [0.05, 0.1) is 11.8 Å². The Morgan fingerprint density at radius 2 is 2.13 bits per heavy atom. The van der Waals surface area contributed by atoms with Crippen LogP contribution in [0.3, 0.4) is 0 Å². The molecule has 118 valence electrons. The summed E-state index contributed by atoms with van der Waals surface area (Å²) < 4.78 is 7.58. The number of aromatic nitrogens is 2. The van der Waals surface area contributed by atoms with Gasteiger partial charge in [0.25, 0.3) is 5.91 Å². The van der Waals surface area contributed by atoms with Crippen molar-refractivity contribution in [2.75, 3.05) is 0 Å². The highest BCUT2D eigenvalue weighted by Gasteiger charge is 2.23. The summed E-state index contributed by atoms with van der Waals surface area (Å²) in [4.78, 5) is 16.6. The minimum atomic E-state index is -0.0625. The third-order valence-electron chi connectivity index (χ3n) is 4.62. The number of fused-ring (bicyclic) bond motifs is 1. The minimum absolute atomic E-state index is 0.0625. The Hall–Kier alpha value is -2.56. The largest absolute Gasteiger partial charge is 0.463 e. The predicted octanol–water partition coefficient (Wildman–Crippen LogP) is 3.36. The summed E-state index contributed by atoms with van der Waals surface area (Å²) in [7, 11) is 0. The van der Waals surface area contributed by atoms with Gasteiger partial charge in [-0.2, -0.15) is 0 Å². The van der Waals surface area contributed by atoms with E-state index in [4.69, 9.17) is 4.42 Å². The lowest BCUT2D eigenvalue weighted by Gasteiger charge is -2.26. The van der Waals surface area contributed by atoms with E-state index in [2.05, 4.69) is 14.9 Å². The van der Waals surface area contributed by atoms with Gasteiger partial charge < -0.3 is 14.3 Å². The monoisotopic (exact) mass is 309 g/mol. The molecule has 0 unspecified atom stereocenters. The van der Waals surface area contributed by atoms with Gasteiger partial charge >= 0.3 is 0 Å². The number of nitrogens with zero attached hydrogens (tertiary/aromatic N) is 2. The number of rotatable bonds is 5. The third kappa shape index (κ3) is 2.74. The average molecular weight is 309 g/mol. The van der Waals surface area contributed by atoms with Crippen LogP contribution in [0.5, 0.6) is 0 Å². The van der Waals surface area contributed by atoms with Crippen LogP contribution in [-0.2, 0) is 13.1 Å². The van der Waals surface area contributed by atoms with Gasteiger partial charge in [-0.1, -0.05) is 6.42 Å². The zero-order chi connectivity index (χ0) is 15.6. The molecule has 3 aromatic heterocycles. The number of hydrogen-bond acceptors (Lipinski definition) is 3. The quantitative estimate of drug-likeness (QED) is 0.786. The van der Waals surface area contributed by atoms with Crippen LogP contribution in [0.15, 0.2) is 47.3 Å². The number of pyridine rings is 1. The number of hydrogen-bond donors (Lipinski definition) is 1. The van der Waals surface area contributed by atoms with Gasteiger partial charge in [-0.25, -0.2) is 0 Å². The van der Waals surface area contributed by atoms with Crippen LogP contribution in [0.4, 0.5) is 0 Å². The molecule has 0 saturated heterocycles. The Bertz CT molecular complexity index is 815. The maximum Gasteiger partial charge on any atom is 0.268 e. The summed E-state index contributed by atoms with van der Waals surface area (Å²) in [5.41, 5.74) is 3.50. The summed E-state index contributed by atoms with van der Waals surface area (Å²) >= 11 is 0. The van der Waals surface area contributed by atoms with Crippen LogP contribution >= 0.6 is 0 Å². The molecule has 1 N–H and O–H groups in total. The van der Waals surface area contributed by atoms with E-state index in [1.165, 1.54) is 19.3 Å². The summed E-state index contributed by atoms with van der Waals surface area (Å²) in [6, 6.07) is 7.59. The first-order valence-corrected chi connectivity index (χ1v) is 8.05. The number of carbonyl (C=O) groups is 1. The second-order valence-electron chi connectivity index (χ2n) is 6.15. The van der Waals surface area contributed by atoms with Gasteiger partial charge in [-0.3, -0.25) is 9.78 Å². The van der Waals surface area contributed by atoms with Crippen molar-refractivity contribution in [3.8, 4) is 0 Å². The highest BCUT2D eigenvalue weighted by Crippen LogP contribution is 2.31. The van der Waals surface area contributed by atoms with Crippen molar-refractivity contribution < 1.29 is 9.21 Å². The Morgan fingerprint density at radius 3 is 2.87 bits per heavy atom. The van der Waals surface area contributed by atoms with E-state index < -0.39 is 0 Å². The highest BCUT2D eigenvalue weighted by atomic mass is 16.3. The van der Waals surface area contributed by atoms with Gasteiger partial charge in [0, 0.05) is 37.6 Å². The minimum Gasteiger partial charge on any atom is -0.463 e. The van der Waals surface area contributed by atoms with Gasteiger partial charge in [-0.05, 0) is 36.5 Å². The number of nitrogens with one attached hydrogen (secondary N) is 1. The van der Waals surface area contributed by atoms with Gasteiger partial charge in [0.2, 0.25) is 0 Å². The molecule has 1 amide bonds. The molecule has 1 aliphatic carbocycles. The van der Waals surface area contributed by atoms with E-state index in [9.17, 15) is 4.79 Å². The lowest BCUT2D eigenvalue weighted by Crippen LogP contribution is -2.27. The molecule has 3 aromatic rings. The molecule has 4 rings (SSSR count). The molecule has 1 aliphatic rings. The second-order valence-corrected chi connectivity index (χ2v) is 6.15. The Kier molecular flexibility index (Phi) is 3.61. The third-order valence-corrected chi connectivity index (χ3v) is 4.62. The number of furan rings is 1. The molecule has 0 bridgehead atoms. The molecule has 1 fully saturated rings. The lowest BCUT2D eigenvalue weighted by atomic mass is 9.85. The van der Waals surface area contributed by atoms with Crippen molar-refractivity contribution in [3.63, 3.8) is 0 Å². The Balaban J connectivity index is 1.55. The normalized spacial score (nSPS) is 14.8. The van der Waals surface area contributed by atoms with E-state index in [1.807, 2.05) is 24.3 Å². The van der Waals surface area contributed by atoms with Crippen molar-refractivity contribution in [2.45, 2.75) is 32.4 Å². The number of carbonyl (C=O) groups excluding carboxylic acids is 1. The fraction of sp³-hybridized carbons (Fsp3) is 0.333. The molecular formula is C18H19N3O2. The van der Waals surface area contributed by atoms with E-state index >= 15 is 0 Å². The molecule has 0 radical (unpaired) electrons. The van der Waals surface area contributed by atoms with E-state index in [-0.39, 0.29) is 5.91 Å². The molecule has 5 heteroatoms. The summed E-state index contributed by atoms with van der Waals surface area (Å²) in [5, 5.41) is 2.99. The van der Waals surface area contributed by atoms with Gasteiger partial charge in [0.15, 0.2) is 5.58 Å². The van der Waals surface area contributed by atoms with Crippen molar-refractivity contribution in [1.82, 2.24) is 14.9 Å². The van der Waals surface area contributed by atoms with Crippen LogP contribution < -0.4 is 5.32 Å². The van der Waals surface area contributed by atoms with Crippen LogP contribution in [0.1, 0.15) is 35.3 Å². The molecule has 0 spiro atoms. The van der Waals surface area contributed by atoms with Crippen molar-refractivity contribution in [2.24, 2.45) is 5.92 Å². The van der Waals surface area contributed by atoms with Crippen LogP contribution in [0.25, 0.3) is 11.1 Å². The number of amides is 1. The zero-order valence-electron chi connectivity index (χ0n) is 12.9. The fourth-order valence-corrected chi connectivity index (χ4v) is 3.07. The molecule has 1 saturated carbocycles. The van der Waals surface area contributed by atoms with Crippen LogP contribution in [0, 0.1) is 5.92 Å². The first kappa shape index (κ1) is 14.1. The fourth-order valence-electron chi connectivity index (χ4n) is 3.07. The SMILES string of the molecule is O=C(NCc1ccncc1)c1cc2occc2n1CC1CCC1. The lowest BCUT2D eigenvalue weighted by molar-refractivity contribution is 0.0939. The van der Waals surface area contributed by atoms with E-state index in [1.54, 1.807) is 18.7 Å². The molecule has 0 aliphatic heterocycles. The smallest absolute Gasteiger partial charge is 0.268 e. The second kappa shape index (κ2) is 5.91. The summed E-state index contributed by atoms with van der Waals surface area (Å²) in [6.45, 7) is 1.39. The molecule has 23 heavy (non-hydrogen) atoms. The summed E-state index contributed by atoms with van der Waals surface area (Å²) in [5.74, 6) is 0.611. The molecule has 5 nitrogen and oxygen atoms in total. The predicted molar refractivity (Wildman–Crippen MR) is 87.0 cm³/mol. The Morgan fingerprint density at radius 1 is 1.30 bits per heavy atom. The van der Waals surface area contributed by atoms with Crippen molar-refractivity contribution in [1.29, 1.82) is 0 Å². The first-order valence-electron chi connectivity index (χ1n) is 8.05. The molecule has 0 atom stereocenters. The first-order chi connectivity index (χ1) is 11.3. The van der Waals surface area contributed by atoms with Gasteiger partial charge in [0.1, 0.15) is 5.69 Å². The molecule has 3 heterocycles. The average Bonchev–Trinajstić information content (AvgIpc) is 3.11. The zero-order valence-corrected chi connectivity index (χ0v) is 12.9. The summed E-state index contributed by atoms with van der Waals surface area (Å²) in [6.07, 6.45) is 8.93.